The molecule has 0 bridgehead atoms. The van der Waals surface area contributed by atoms with Crippen LogP contribution in [0.15, 0.2) is 29.8 Å². The molecule has 8 nitrogen and oxygen atoms in total. The summed E-state index contributed by atoms with van der Waals surface area (Å²) in [6, 6.07) is 8.65. The van der Waals surface area contributed by atoms with Gasteiger partial charge in [-0.2, -0.15) is 5.26 Å². The Hall–Kier alpha value is -3.73. The fourth-order valence-corrected chi connectivity index (χ4v) is 3.12. The highest BCUT2D eigenvalue weighted by Gasteiger charge is 2.16. The van der Waals surface area contributed by atoms with Crippen LogP contribution in [0.5, 0.6) is 11.5 Å². The quantitative estimate of drug-likeness (QED) is 0.374. The van der Waals surface area contributed by atoms with Crippen molar-refractivity contribution in [1.29, 1.82) is 5.26 Å². The van der Waals surface area contributed by atoms with Gasteiger partial charge in [-0.15, -0.1) is 0 Å². The molecular formula is C23H27N3O5. The lowest BCUT2D eigenvalue weighted by atomic mass is 10.1. The Morgan fingerprint density at radius 3 is 2.32 bits per heavy atom. The molecule has 0 saturated carbocycles. The molecular weight excluding hydrogens is 398 g/mol. The molecule has 1 heterocycles. The van der Waals surface area contributed by atoms with Crippen molar-refractivity contribution in [3.8, 4) is 17.6 Å². The van der Waals surface area contributed by atoms with E-state index in [9.17, 15) is 14.9 Å². The SMILES string of the molecule is CCCn1c(C)cc(/C=C(\C#N)C(=O)OCC(=O)Nc2cc(OC)cc(OC)c2)c1C. The monoisotopic (exact) mass is 425 g/mol. The van der Waals surface area contributed by atoms with E-state index in [4.69, 9.17) is 14.2 Å². The number of benzene rings is 1. The van der Waals surface area contributed by atoms with E-state index in [0.29, 0.717) is 17.2 Å². The van der Waals surface area contributed by atoms with Gasteiger partial charge in [0.1, 0.15) is 23.1 Å². The van der Waals surface area contributed by atoms with E-state index in [-0.39, 0.29) is 5.57 Å². The molecule has 0 fully saturated rings. The minimum absolute atomic E-state index is 0.174. The third kappa shape index (κ3) is 6.12. The molecule has 1 N–H and O–H groups in total. The summed E-state index contributed by atoms with van der Waals surface area (Å²) >= 11 is 0. The number of hydrogen-bond donors (Lipinski definition) is 1. The molecule has 0 radical (unpaired) electrons. The summed E-state index contributed by atoms with van der Waals surface area (Å²) < 4.78 is 17.5. The summed E-state index contributed by atoms with van der Waals surface area (Å²) in [4.78, 5) is 24.5. The van der Waals surface area contributed by atoms with Crippen LogP contribution in [0.4, 0.5) is 5.69 Å². The van der Waals surface area contributed by atoms with Gasteiger partial charge in [0.15, 0.2) is 6.61 Å². The average Bonchev–Trinajstić information content (AvgIpc) is 3.03. The van der Waals surface area contributed by atoms with Crippen LogP contribution in [0, 0.1) is 25.2 Å². The number of hydrogen-bond acceptors (Lipinski definition) is 6. The molecule has 0 aliphatic heterocycles. The molecule has 164 valence electrons. The van der Waals surface area contributed by atoms with Gasteiger partial charge in [-0.05, 0) is 38.0 Å². The van der Waals surface area contributed by atoms with Gasteiger partial charge in [-0.3, -0.25) is 4.79 Å². The molecule has 1 aromatic carbocycles. The zero-order valence-electron chi connectivity index (χ0n) is 18.4. The van der Waals surface area contributed by atoms with Crippen LogP contribution in [0.1, 0.15) is 30.3 Å². The number of nitrogens with one attached hydrogen (secondary N) is 1. The summed E-state index contributed by atoms with van der Waals surface area (Å²) in [5, 5.41) is 12.0. The van der Waals surface area contributed by atoms with E-state index in [1.807, 2.05) is 26.0 Å². The predicted molar refractivity (Wildman–Crippen MR) is 117 cm³/mol. The minimum Gasteiger partial charge on any atom is -0.497 e. The molecule has 2 rings (SSSR count). The van der Waals surface area contributed by atoms with Crippen LogP contribution in [-0.4, -0.2) is 37.3 Å². The fourth-order valence-electron chi connectivity index (χ4n) is 3.12. The number of aromatic nitrogens is 1. The zero-order valence-corrected chi connectivity index (χ0v) is 18.4. The first-order valence-electron chi connectivity index (χ1n) is 9.81. The smallest absolute Gasteiger partial charge is 0.349 e. The number of amides is 1. The van der Waals surface area contributed by atoms with Crippen molar-refractivity contribution in [2.75, 3.05) is 26.1 Å². The number of methoxy groups -OCH3 is 2. The van der Waals surface area contributed by atoms with E-state index < -0.39 is 18.5 Å². The second-order valence-electron chi connectivity index (χ2n) is 6.87. The Morgan fingerprint density at radius 2 is 1.77 bits per heavy atom. The van der Waals surface area contributed by atoms with Crippen LogP contribution in [-0.2, 0) is 20.9 Å². The second-order valence-corrected chi connectivity index (χ2v) is 6.87. The summed E-state index contributed by atoms with van der Waals surface area (Å²) in [5.41, 5.74) is 3.03. The normalized spacial score (nSPS) is 10.9. The molecule has 0 saturated heterocycles. The maximum absolute atomic E-state index is 12.3. The fraction of sp³-hybridized carbons (Fsp3) is 0.348. The van der Waals surface area contributed by atoms with Crippen LogP contribution >= 0.6 is 0 Å². The Balaban J connectivity index is 2.05. The Bertz CT molecular complexity index is 1010. The topological polar surface area (TPSA) is 103 Å². The highest BCUT2D eigenvalue weighted by molar-refractivity contribution is 6.00. The van der Waals surface area contributed by atoms with Crippen LogP contribution in [0.3, 0.4) is 0 Å². The summed E-state index contributed by atoms with van der Waals surface area (Å²) in [5.74, 6) is -0.410. The van der Waals surface area contributed by atoms with Gasteiger partial charge in [-0.25, -0.2) is 4.79 Å². The Labute approximate surface area is 182 Å². The lowest BCUT2D eigenvalue weighted by Crippen LogP contribution is -2.21. The first kappa shape index (κ1) is 23.5. The third-order valence-corrected chi connectivity index (χ3v) is 4.67. The number of ether oxygens (including phenoxy) is 3. The summed E-state index contributed by atoms with van der Waals surface area (Å²) in [6.45, 7) is 6.31. The highest BCUT2D eigenvalue weighted by atomic mass is 16.5. The zero-order chi connectivity index (χ0) is 23.0. The van der Waals surface area contributed by atoms with Crippen molar-refractivity contribution in [3.05, 3.63) is 46.8 Å². The van der Waals surface area contributed by atoms with E-state index in [2.05, 4.69) is 16.8 Å². The number of aryl methyl sites for hydroxylation is 1. The number of nitrogens with zero attached hydrogens (tertiary/aromatic N) is 2. The maximum Gasteiger partial charge on any atom is 0.349 e. The van der Waals surface area contributed by atoms with Crippen molar-refractivity contribution in [2.24, 2.45) is 0 Å². The van der Waals surface area contributed by atoms with Crippen LogP contribution < -0.4 is 14.8 Å². The maximum atomic E-state index is 12.3. The van der Waals surface area contributed by atoms with Gasteiger partial charge in [0.25, 0.3) is 5.91 Å². The molecule has 0 aliphatic rings. The van der Waals surface area contributed by atoms with Crippen molar-refractivity contribution in [2.45, 2.75) is 33.7 Å². The first-order chi connectivity index (χ1) is 14.8. The third-order valence-electron chi connectivity index (χ3n) is 4.67. The number of esters is 1. The standard InChI is InChI=1S/C23H27N3O5/c1-6-7-26-15(2)8-17(16(26)3)9-18(13-24)23(28)31-14-22(27)25-19-10-20(29-4)12-21(11-19)30-5/h8-12H,6-7,14H2,1-5H3,(H,25,27)/b18-9+. The van der Waals surface area contributed by atoms with Gasteiger partial charge in [0.2, 0.25) is 0 Å². The number of rotatable bonds is 9. The summed E-state index contributed by atoms with van der Waals surface area (Å²) in [6.07, 6.45) is 2.46. The number of nitriles is 1. The molecule has 1 amide bonds. The summed E-state index contributed by atoms with van der Waals surface area (Å²) in [7, 11) is 3.00. The van der Waals surface area contributed by atoms with Gasteiger partial charge in [-0.1, -0.05) is 6.92 Å². The molecule has 0 atom stereocenters. The first-order valence-corrected chi connectivity index (χ1v) is 9.81. The number of carbonyl (C=O) groups excluding carboxylic acids is 2. The average molecular weight is 425 g/mol. The van der Waals surface area contributed by atoms with E-state index >= 15 is 0 Å². The molecule has 0 aliphatic carbocycles. The van der Waals surface area contributed by atoms with E-state index in [1.165, 1.54) is 20.3 Å². The van der Waals surface area contributed by atoms with Gasteiger partial charge < -0.3 is 24.1 Å². The van der Waals surface area contributed by atoms with Crippen molar-refractivity contribution in [3.63, 3.8) is 0 Å². The minimum atomic E-state index is -0.860. The molecule has 31 heavy (non-hydrogen) atoms. The van der Waals surface area contributed by atoms with Crippen LogP contribution in [0.2, 0.25) is 0 Å². The van der Waals surface area contributed by atoms with Gasteiger partial charge >= 0.3 is 5.97 Å². The second kappa shape index (κ2) is 10.9. The molecule has 2 aromatic rings. The van der Waals surface area contributed by atoms with Gasteiger partial charge in [0.05, 0.1) is 14.2 Å². The van der Waals surface area contributed by atoms with Gasteiger partial charge in [0, 0.05) is 41.8 Å². The molecule has 8 heteroatoms. The largest absolute Gasteiger partial charge is 0.497 e. The molecule has 0 spiro atoms. The predicted octanol–water partition coefficient (Wildman–Crippen LogP) is 3.62. The van der Waals surface area contributed by atoms with E-state index in [1.54, 1.807) is 18.2 Å². The van der Waals surface area contributed by atoms with Crippen molar-refractivity contribution >= 4 is 23.6 Å². The number of carbonyl (C=O) groups is 2. The van der Waals surface area contributed by atoms with E-state index in [0.717, 1.165) is 29.9 Å². The Morgan fingerprint density at radius 1 is 1.13 bits per heavy atom. The van der Waals surface area contributed by atoms with Crippen molar-refractivity contribution in [1.82, 2.24) is 4.57 Å². The Kier molecular flexibility index (Phi) is 8.26. The molecule has 0 unspecified atom stereocenters. The van der Waals surface area contributed by atoms with Crippen LogP contribution in [0.25, 0.3) is 6.08 Å². The lowest BCUT2D eigenvalue weighted by Gasteiger charge is -2.10. The van der Waals surface area contributed by atoms with Crippen molar-refractivity contribution < 1.29 is 23.8 Å². The highest BCUT2D eigenvalue weighted by Crippen LogP contribution is 2.25. The number of anilines is 1. The molecule has 1 aromatic heterocycles. The lowest BCUT2D eigenvalue weighted by molar-refractivity contribution is -0.142.